The Morgan fingerprint density at radius 3 is 2.36 bits per heavy atom. The van der Waals surface area contributed by atoms with Gasteiger partial charge in [-0.25, -0.2) is 0 Å². The first-order chi connectivity index (χ1) is 20.2. The molecule has 0 aliphatic carbocycles. The topological polar surface area (TPSA) is 88.0 Å². The van der Waals surface area contributed by atoms with E-state index in [0.717, 1.165) is 29.0 Å². The zero-order chi connectivity index (χ0) is 29.9. The Morgan fingerprint density at radius 1 is 1.00 bits per heavy atom. The third-order valence-electron chi connectivity index (χ3n) is 6.41. The molecule has 0 saturated heterocycles. The number of rotatable bonds is 6. The van der Waals surface area contributed by atoms with Gasteiger partial charge in [0.2, 0.25) is 0 Å². The van der Waals surface area contributed by atoms with Gasteiger partial charge in [-0.3, -0.25) is 14.2 Å². The molecule has 10 heteroatoms. The largest absolute Gasteiger partial charge is 0.457 e. The molecule has 0 aliphatic heterocycles. The molecule has 1 amide bonds. The summed E-state index contributed by atoms with van der Waals surface area (Å²) >= 11 is 0.936. The van der Waals surface area contributed by atoms with Crippen LogP contribution < -0.4 is 20.1 Å². The maximum Gasteiger partial charge on any atom is 0.416 e. The highest BCUT2D eigenvalue weighted by molar-refractivity contribution is 7.07. The Hall–Kier alpha value is -5.14. The first kappa shape index (κ1) is 28.4. The van der Waals surface area contributed by atoms with Gasteiger partial charge in [0.1, 0.15) is 22.3 Å². The predicted octanol–water partition coefficient (Wildman–Crippen LogP) is 5.56. The smallest absolute Gasteiger partial charge is 0.416 e. The highest BCUT2D eigenvalue weighted by atomic mass is 32.1. The van der Waals surface area contributed by atoms with Gasteiger partial charge in [-0.2, -0.15) is 18.4 Å². The van der Waals surface area contributed by atoms with Crippen LogP contribution in [0.2, 0.25) is 0 Å². The number of carbonyl (C=O) groups is 1. The normalized spacial score (nSPS) is 13.4. The molecule has 0 saturated carbocycles. The van der Waals surface area contributed by atoms with Crippen LogP contribution >= 0.6 is 11.3 Å². The summed E-state index contributed by atoms with van der Waals surface area (Å²) in [5.41, 5.74) is -0.0212. The fourth-order valence-electron chi connectivity index (χ4n) is 4.31. The summed E-state index contributed by atoms with van der Waals surface area (Å²) in [5, 5.41) is 12.9. The molecule has 0 bridgehead atoms. The van der Waals surface area contributed by atoms with Gasteiger partial charge in [0, 0.05) is 11.6 Å². The number of amides is 1. The minimum Gasteiger partial charge on any atom is -0.457 e. The number of benzene rings is 3. The summed E-state index contributed by atoms with van der Waals surface area (Å²) in [6.07, 6.45) is -3.07. The molecule has 0 fully saturated rings. The molecule has 2 heterocycles. The quantitative estimate of drug-likeness (QED) is 0.283. The van der Waals surface area contributed by atoms with Crippen molar-refractivity contribution < 1.29 is 22.4 Å². The second-order valence-corrected chi connectivity index (χ2v) is 10.3. The third-order valence-corrected chi connectivity index (χ3v) is 7.50. The molecule has 3 aromatic carbocycles. The maximum atomic E-state index is 13.6. The molecular formula is C32H22F3N3O3S. The Kier molecular flexibility index (Phi) is 7.95. The average molecular weight is 586 g/mol. The van der Waals surface area contributed by atoms with E-state index in [1.807, 2.05) is 36.4 Å². The van der Waals surface area contributed by atoms with Crippen LogP contribution in [0.5, 0.6) is 0 Å². The summed E-state index contributed by atoms with van der Waals surface area (Å²) in [6, 6.07) is 27.2. The molecule has 6 nitrogen and oxygen atoms in total. The number of para-hydroxylation sites is 1. The molecule has 1 atom stereocenters. The standard InChI is InChI=1S/C32H22F3N3O3S/c1-20(21-9-4-2-5-10-21)37-29(39)26(19-36)31-38(24-13-6-3-7-14-24)30(40)28(42-31)18-25-15-16-27(41-25)22-11-8-12-23(17-22)32(33,34)35/h2-18,20H,1H3,(H,37,39)/b28-18-,31-26-. The number of nitrogens with zero attached hydrogens (tertiary/aromatic N) is 2. The fourth-order valence-corrected chi connectivity index (χ4v) is 5.40. The molecule has 5 aromatic rings. The lowest BCUT2D eigenvalue weighted by Gasteiger charge is -2.13. The van der Waals surface area contributed by atoms with Gasteiger partial charge in [-0.1, -0.05) is 60.7 Å². The van der Waals surface area contributed by atoms with E-state index in [0.29, 0.717) is 5.69 Å². The minimum atomic E-state index is -4.51. The minimum absolute atomic E-state index is 0.127. The van der Waals surface area contributed by atoms with Crippen LogP contribution in [0.15, 0.2) is 106 Å². The average Bonchev–Trinajstić information content (AvgIpc) is 3.58. The number of alkyl halides is 3. The lowest BCUT2D eigenvalue weighted by Crippen LogP contribution is -2.34. The van der Waals surface area contributed by atoms with Crippen molar-refractivity contribution in [2.24, 2.45) is 0 Å². The van der Waals surface area contributed by atoms with Crippen LogP contribution in [0, 0.1) is 11.3 Å². The summed E-state index contributed by atoms with van der Waals surface area (Å²) in [4.78, 5) is 26.9. The summed E-state index contributed by atoms with van der Waals surface area (Å²) in [6.45, 7) is 1.79. The fraction of sp³-hybridized carbons (Fsp3) is 0.0938. The summed E-state index contributed by atoms with van der Waals surface area (Å²) < 4.78 is 46.9. The Labute approximate surface area is 241 Å². The van der Waals surface area contributed by atoms with Crippen LogP contribution in [-0.4, -0.2) is 10.5 Å². The number of nitriles is 1. The Balaban J connectivity index is 1.60. The van der Waals surface area contributed by atoms with Crippen LogP contribution in [0.3, 0.4) is 0 Å². The lowest BCUT2D eigenvalue weighted by molar-refractivity contribution is -0.137. The number of hydrogen-bond acceptors (Lipinski definition) is 5. The zero-order valence-electron chi connectivity index (χ0n) is 22.1. The highest BCUT2D eigenvalue weighted by Gasteiger charge is 2.30. The first-order valence-electron chi connectivity index (χ1n) is 12.7. The van der Waals surface area contributed by atoms with Crippen LogP contribution in [0.1, 0.15) is 29.9 Å². The van der Waals surface area contributed by atoms with Gasteiger partial charge in [-0.15, -0.1) is 11.3 Å². The first-order valence-corrected chi connectivity index (χ1v) is 13.5. The molecule has 0 radical (unpaired) electrons. The van der Waals surface area contributed by atoms with Crippen LogP contribution in [-0.2, 0) is 11.0 Å². The monoisotopic (exact) mass is 585 g/mol. The van der Waals surface area contributed by atoms with Crippen molar-refractivity contribution in [1.82, 2.24) is 9.88 Å². The molecule has 1 unspecified atom stereocenters. The van der Waals surface area contributed by atoms with Crippen LogP contribution in [0.4, 0.5) is 13.2 Å². The number of furan rings is 1. The molecule has 5 rings (SSSR count). The summed E-state index contributed by atoms with van der Waals surface area (Å²) in [5.74, 6) is -0.240. The van der Waals surface area contributed by atoms with Gasteiger partial charge in [0.25, 0.3) is 11.5 Å². The number of thiazole rings is 1. The van der Waals surface area contributed by atoms with E-state index in [1.54, 1.807) is 37.3 Å². The second kappa shape index (κ2) is 11.8. The predicted molar refractivity (Wildman–Crippen MR) is 154 cm³/mol. The lowest BCUT2D eigenvalue weighted by atomic mass is 10.1. The highest BCUT2D eigenvalue weighted by Crippen LogP contribution is 2.32. The van der Waals surface area contributed by atoms with Crippen molar-refractivity contribution in [3.8, 4) is 23.1 Å². The Bertz CT molecular complexity index is 1970. The van der Waals surface area contributed by atoms with E-state index in [1.165, 1.54) is 34.9 Å². The van der Waals surface area contributed by atoms with E-state index in [9.17, 15) is 28.0 Å². The molecule has 0 spiro atoms. The van der Waals surface area contributed by atoms with Crippen molar-refractivity contribution in [2.45, 2.75) is 19.1 Å². The van der Waals surface area contributed by atoms with E-state index < -0.39 is 29.2 Å². The number of halogens is 3. The summed E-state index contributed by atoms with van der Waals surface area (Å²) in [7, 11) is 0. The molecule has 210 valence electrons. The number of carbonyl (C=O) groups excluding carboxylic acids is 1. The van der Waals surface area contributed by atoms with Crippen LogP contribution in [0.25, 0.3) is 28.7 Å². The number of hydrogen-bond donors (Lipinski definition) is 1. The van der Waals surface area contributed by atoms with E-state index in [-0.39, 0.29) is 31.9 Å². The van der Waals surface area contributed by atoms with Crippen molar-refractivity contribution in [3.63, 3.8) is 0 Å². The van der Waals surface area contributed by atoms with E-state index in [2.05, 4.69) is 5.32 Å². The third kappa shape index (κ3) is 5.96. The van der Waals surface area contributed by atoms with Crippen molar-refractivity contribution in [2.75, 3.05) is 0 Å². The van der Waals surface area contributed by atoms with Gasteiger partial charge in [-0.05, 0) is 48.9 Å². The molecule has 42 heavy (non-hydrogen) atoms. The molecular weight excluding hydrogens is 563 g/mol. The molecule has 1 N–H and O–H groups in total. The van der Waals surface area contributed by atoms with Crippen molar-refractivity contribution >= 4 is 28.9 Å². The van der Waals surface area contributed by atoms with Gasteiger partial charge in [0.05, 0.1) is 21.8 Å². The Morgan fingerprint density at radius 2 is 1.69 bits per heavy atom. The molecule has 0 aliphatic rings. The van der Waals surface area contributed by atoms with E-state index in [4.69, 9.17) is 4.42 Å². The second-order valence-electron chi connectivity index (χ2n) is 9.27. The van der Waals surface area contributed by atoms with Gasteiger partial charge >= 0.3 is 6.18 Å². The van der Waals surface area contributed by atoms with Crippen molar-refractivity contribution in [3.05, 3.63) is 133 Å². The van der Waals surface area contributed by atoms with E-state index >= 15 is 0 Å². The van der Waals surface area contributed by atoms with Gasteiger partial charge < -0.3 is 9.73 Å². The SMILES string of the molecule is CC(NC(=O)/C(C#N)=c1\s/c(=C\c2ccc(-c3cccc(C(F)(F)F)c3)o2)c(=O)n1-c1ccccc1)c1ccccc1. The number of nitrogens with one attached hydrogen (secondary N) is 1. The maximum absolute atomic E-state index is 13.6. The van der Waals surface area contributed by atoms with Gasteiger partial charge in [0.15, 0.2) is 5.57 Å². The zero-order valence-corrected chi connectivity index (χ0v) is 22.9. The molecule has 2 aromatic heterocycles. The number of aromatic nitrogens is 1. The van der Waals surface area contributed by atoms with Crippen molar-refractivity contribution in [1.29, 1.82) is 5.26 Å².